The zero-order chi connectivity index (χ0) is 14.6. The zero-order valence-corrected chi connectivity index (χ0v) is 12.8. The predicted octanol–water partition coefficient (Wildman–Crippen LogP) is 2.57. The number of carbonyl (C=O) groups excluding carboxylic acids is 1. The molecule has 1 aromatic carbocycles. The molecule has 1 heterocycles. The average molecular weight is 274 g/mol. The van der Waals surface area contributed by atoms with E-state index in [1.54, 1.807) is 0 Å². The SMILES string of the molecule is Cc1ccccc1CC(C)NC(=O)C1(C)CCCCN1. The highest BCUT2D eigenvalue weighted by molar-refractivity contribution is 5.86. The fraction of sp³-hybridized carbons (Fsp3) is 0.588. The minimum atomic E-state index is -0.391. The van der Waals surface area contributed by atoms with Gasteiger partial charge < -0.3 is 10.6 Å². The third kappa shape index (κ3) is 3.60. The molecule has 20 heavy (non-hydrogen) atoms. The minimum Gasteiger partial charge on any atom is -0.352 e. The van der Waals surface area contributed by atoms with Crippen LogP contribution in [0.4, 0.5) is 0 Å². The van der Waals surface area contributed by atoms with Crippen molar-refractivity contribution in [1.29, 1.82) is 0 Å². The molecule has 1 aliphatic rings. The summed E-state index contributed by atoms with van der Waals surface area (Å²) in [5.74, 6) is 0.137. The molecule has 2 unspecified atom stereocenters. The van der Waals surface area contributed by atoms with Gasteiger partial charge >= 0.3 is 0 Å². The van der Waals surface area contributed by atoms with E-state index in [1.165, 1.54) is 17.5 Å². The van der Waals surface area contributed by atoms with Crippen LogP contribution >= 0.6 is 0 Å². The molecule has 3 heteroatoms. The second kappa shape index (κ2) is 6.40. The number of benzene rings is 1. The van der Waals surface area contributed by atoms with E-state index in [2.05, 4.69) is 48.7 Å². The molecule has 0 saturated carbocycles. The van der Waals surface area contributed by atoms with Gasteiger partial charge in [0, 0.05) is 6.04 Å². The molecule has 2 atom stereocenters. The van der Waals surface area contributed by atoms with Gasteiger partial charge in [-0.1, -0.05) is 24.3 Å². The van der Waals surface area contributed by atoms with Crippen LogP contribution in [0, 0.1) is 6.92 Å². The fourth-order valence-corrected chi connectivity index (χ4v) is 2.85. The lowest BCUT2D eigenvalue weighted by atomic mass is 9.89. The first-order valence-electron chi connectivity index (χ1n) is 7.62. The van der Waals surface area contributed by atoms with Crippen LogP contribution in [0.25, 0.3) is 0 Å². The van der Waals surface area contributed by atoms with E-state index in [0.29, 0.717) is 0 Å². The number of hydrogen-bond acceptors (Lipinski definition) is 2. The van der Waals surface area contributed by atoms with Crippen LogP contribution < -0.4 is 10.6 Å². The van der Waals surface area contributed by atoms with Gasteiger partial charge in [-0.25, -0.2) is 0 Å². The molecule has 0 aromatic heterocycles. The molecule has 2 N–H and O–H groups in total. The Hall–Kier alpha value is -1.35. The Morgan fingerprint density at radius 2 is 2.15 bits per heavy atom. The Morgan fingerprint density at radius 3 is 2.80 bits per heavy atom. The Morgan fingerprint density at radius 1 is 1.40 bits per heavy atom. The lowest BCUT2D eigenvalue weighted by Crippen LogP contribution is -2.58. The molecular weight excluding hydrogens is 248 g/mol. The highest BCUT2D eigenvalue weighted by Gasteiger charge is 2.34. The van der Waals surface area contributed by atoms with E-state index < -0.39 is 5.54 Å². The molecule has 0 radical (unpaired) electrons. The normalized spacial score (nSPS) is 24.1. The van der Waals surface area contributed by atoms with Gasteiger partial charge in [0.2, 0.25) is 5.91 Å². The van der Waals surface area contributed by atoms with E-state index in [0.717, 1.165) is 25.8 Å². The van der Waals surface area contributed by atoms with Crippen LogP contribution in [0.5, 0.6) is 0 Å². The number of nitrogens with one attached hydrogen (secondary N) is 2. The molecule has 0 bridgehead atoms. The summed E-state index contributed by atoms with van der Waals surface area (Å²) in [7, 11) is 0. The Balaban J connectivity index is 1.92. The summed E-state index contributed by atoms with van der Waals surface area (Å²) in [6.07, 6.45) is 4.11. The van der Waals surface area contributed by atoms with E-state index in [-0.39, 0.29) is 11.9 Å². The first kappa shape index (κ1) is 15.0. The van der Waals surface area contributed by atoms with Crippen molar-refractivity contribution in [2.75, 3.05) is 6.54 Å². The van der Waals surface area contributed by atoms with E-state index in [1.807, 2.05) is 6.92 Å². The van der Waals surface area contributed by atoms with Gasteiger partial charge in [0.1, 0.15) is 0 Å². The highest BCUT2D eigenvalue weighted by atomic mass is 16.2. The molecular formula is C17H26N2O. The molecule has 0 aliphatic carbocycles. The van der Waals surface area contributed by atoms with Crippen LogP contribution in [0.15, 0.2) is 24.3 Å². The van der Waals surface area contributed by atoms with Crippen molar-refractivity contribution in [3.8, 4) is 0 Å². The maximum Gasteiger partial charge on any atom is 0.240 e. The van der Waals surface area contributed by atoms with Crippen molar-refractivity contribution >= 4 is 5.91 Å². The summed E-state index contributed by atoms with van der Waals surface area (Å²) >= 11 is 0. The van der Waals surface area contributed by atoms with Gasteiger partial charge in [-0.15, -0.1) is 0 Å². The van der Waals surface area contributed by atoms with Gasteiger partial charge in [-0.2, -0.15) is 0 Å². The lowest BCUT2D eigenvalue weighted by Gasteiger charge is -2.34. The number of piperidine rings is 1. The molecule has 1 amide bonds. The van der Waals surface area contributed by atoms with Crippen LogP contribution in [0.1, 0.15) is 44.2 Å². The average Bonchev–Trinajstić information content (AvgIpc) is 2.42. The second-order valence-corrected chi connectivity index (χ2v) is 6.22. The van der Waals surface area contributed by atoms with Crippen molar-refractivity contribution in [3.63, 3.8) is 0 Å². The number of carbonyl (C=O) groups is 1. The smallest absolute Gasteiger partial charge is 0.240 e. The van der Waals surface area contributed by atoms with E-state index in [9.17, 15) is 4.79 Å². The summed E-state index contributed by atoms with van der Waals surface area (Å²) in [5, 5.41) is 6.53. The summed E-state index contributed by atoms with van der Waals surface area (Å²) in [6, 6.07) is 8.52. The number of hydrogen-bond donors (Lipinski definition) is 2. The largest absolute Gasteiger partial charge is 0.352 e. The Labute approximate surface area is 122 Å². The third-order valence-corrected chi connectivity index (χ3v) is 4.28. The standard InChI is InChI=1S/C17H26N2O/c1-13-8-4-5-9-15(13)12-14(2)19-16(20)17(3)10-6-7-11-18-17/h4-5,8-9,14,18H,6-7,10-12H2,1-3H3,(H,19,20). The Kier molecular flexibility index (Phi) is 4.81. The molecule has 1 saturated heterocycles. The summed E-state index contributed by atoms with van der Waals surface area (Å²) < 4.78 is 0. The third-order valence-electron chi connectivity index (χ3n) is 4.28. The summed E-state index contributed by atoms with van der Waals surface area (Å²) in [6.45, 7) is 7.16. The molecule has 2 rings (SSSR count). The first-order chi connectivity index (χ1) is 9.51. The highest BCUT2D eigenvalue weighted by Crippen LogP contribution is 2.19. The first-order valence-corrected chi connectivity index (χ1v) is 7.62. The zero-order valence-electron chi connectivity index (χ0n) is 12.8. The van der Waals surface area contributed by atoms with Gasteiger partial charge in [0.05, 0.1) is 5.54 Å². The predicted molar refractivity (Wildman–Crippen MR) is 82.7 cm³/mol. The summed E-state index contributed by atoms with van der Waals surface area (Å²) in [4.78, 5) is 12.4. The second-order valence-electron chi connectivity index (χ2n) is 6.22. The van der Waals surface area contributed by atoms with Crippen molar-refractivity contribution in [2.24, 2.45) is 0 Å². The van der Waals surface area contributed by atoms with Crippen LogP contribution in [-0.4, -0.2) is 24.0 Å². The molecule has 3 nitrogen and oxygen atoms in total. The fourth-order valence-electron chi connectivity index (χ4n) is 2.85. The molecule has 1 fully saturated rings. The molecule has 1 aliphatic heterocycles. The van der Waals surface area contributed by atoms with Gasteiger partial charge in [-0.3, -0.25) is 4.79 Å². The maximum atomic E-state index is 12.4. The van der Waals surface area contributed by atoms with E-state index >= 15 is 0 Å². The van der Waals surface area contributed by atoms with Crippen molar-refractivity contribution in [3.05, 3.63) is 35.4 Å². The number of rotatable bonds is 4. The molecule has 0 spiro atoms. The van der Waals surface area contributed by atoms with Crippen molar-refractivity contribution in [1.82, 2.24) is 10.6 Å². The quantitative estimate of drug-likeness (QED) is 0.886. The Bertz CT molecular complexity index is 464. The minimum absolute atomic E-state index is 0.137. The topological polar surface area (TPSA) is 41.1 Å². The molecule has 110 valence electrons. The van der Waals surface area contributed by atoms with E-state index in [4.69, 9.17) is 0 Å². The summed E-state index contributed by atoms with van der Waals surface area (Å²) in [5.41, 5.74) is 2.20. The van der Waals surface area contributed by atoms with Gasteiger partial charge in [-0.05, 0) is 64.1 Å². The number of amides is 1. The maximum absolute atomic E-state index is 12.4. The van der Waals surface area contributed by atoms with Crippen molar-refractivity contribution < 1.29 is 4.79 Å². The van der Waals surface area contributed by atoms with Gasteiger partial charge in [0.15, 0.2) is 0 Å². The van der Waals surface area contributed by atoms with Crippen molar-refractivity contribution in [2.45, 2.75) is 58.0 Å². The molecule has 1 aromatic rings. The van der Waals surface area contributed by atoms with Crippen LogP contribution in [0.3, 0.4) is 0 Å². The van der Waals surface area contributed by atoms with Gasteiger partial charge in [0.25, 0.3) is 0 Å². The lowest BCUT2D eigenvalue weighted by molar-refractivity contribution is -0.128. The van der Waals surface area contributed by atoms with Crippen LogP contribution in [-0.2, 0) is 11.2 Å². The van der Waals surface area contributed by atoms with Crippen LogP contribution in [0.2, 0.25) is 0 Å². The number of aryl methyl sites for hydroxylation is 1. The monoisotopic (exact) mass is 274 g/mol.